The first-order valence-electron chi connectivity index (χ1n) is 8.55. The van der Waals surface area contributed by atoms with Crippen molar-refractivity contribution in [3.63, 3.8) is 0 Å². The minimum Gasteiger partial charge on any atom is -0.497 e. The van der Waals surface area contributed by atoms with Crippen molar-refractivity contribution >= 4 is 34.6 Å². The fourth-order valence-electron chi connectivity index (χ4n) is 2.49. The van der Waals surface area contributed by atoms with Gasteiger partial charge in [-0.15, -0.1) is 0 Å². The summed E-state index contributed by atoms with van der Waals surface area (Å²) >= 11 is 0.973. The molecule has 2 rings (SSSR count). The normalized spacial score (nSPS) is 11.0. The van der Waals surface area contributed by atoms with Crippen LogP contribution in [0.15, 0.2) is 41.3 Å². The third-order valence-electron chi connectivity index (χ3n) is 3.96. The van der Waals surface area contributed by atoms with Crippen LogP contribution in [0.2, 0.25) is 0 Å². The average molecular weight is 417 g/mol. The maximum atomic E-state index is 12.1. The number of nitrogens with zero attached hydrogens (tertiary/aromatic N) is 1. The van der Waals surface area contributed by atoms with Gasteiger partial charge in [0.2, 0.25) is 0 Å². The quantitative estimate of drug-likeness (QED) is 0.412. The summed E-state index contributed by atoms with van der Waals surface area (Å²) in [5.41, 5.74) is 1.13. The third kappa shape index (κ3) is 5.45. The first kappa shape index (κ1) is 22.2. The van der Waals surface area contributed by atoms with E-state index in [1.54, 1.807) is 50.5 Å². The highest BCUT2D eigenvalue weighted by atomic mass is 32.2. The standard InChI is InChI=1S/C21H23NO6S/c1-22(2)21(25)29-19-17(27-4)10-13(11-18(19)28-5)9-16(20(23)24)14-7-6-8-15(12-14)26-3/h6-12H,1-5H3,(H,23,24)/b16-9+. The molecule has 1 amide bonds. The summed E-state index contributed by atoms with van der Waals surface area (Å²) in [4.78, 5) is 26.0. The van der Waals surface area contributed by atoms with Gasteiger partial charge in [-0.25, -0.2) is 4.79 Å². The molecule has 8 heteroatoms. The number of carboxylic acids is 1. The lowest BCUT2D eigenvalue weighted by atomic mass is 10.0. The summed E-state index contributed by atoms with van der Waals surface area (Å²) in [6, 6.07) is 10.1. The van der Waals surface area contributed by atoms with Crippen molar-refractivity contribution in [2.75, 3.05) is 35.4 Å². The van der Waals surface area contributed by atoms with Crippen LogP contribution in [0.25, 0.3) is 11.6 Å². The lowest BCUT2D eigenvalue weighted by Crippen LogP contribution is -2.16. The van der Waals surface area contributed by atoms with Gasteiger partial charge in [-0.05, 0) is 53.2 Å². The lowest BCUT2D eigenvalue weighted by Gasteiger charge is -2.16. The molecule has 0 aromatic heterocycles. The van der Waals surface area contributed by atoms with E-state index in [0.29, 0.717) is 33.3 Å². The van der Waals surface area contributed by atoms with Crippen LogP contribution in [-0.4, -0.2) is 56.6 Å². The van der Waals surface area contributed by atoms with Gasteiger partial charge >= 0.3 is 5.97 Å². The van der Waals surface area contributed by atoms with Gasteiger partial charge in [0.05, 0.1) is 26.9 Å². The number of amides is 1. The van der Waals surface area contributed by atoms with Gasteiger partial charge in [0, 0.05) is 14.1 Å². The largest absolute Gasteiger partial charge is 0.497 e. The summed E-state index contributed by atoms with van der Waals surface area (Å²) < 4.78 is 16.0. The summed E-state index contributed by atoms with van der Waals surface area (Å²) in [6.07, 6.45) is 1.52. The number of methoxy groups -OCH3 is 3. The fourth-order valence-corrected chi connectivity index (χ4v) is 3.33. The lowest BCUT2D eigenvalue weighted by molar-refractivity contribution is -0.130. The van der Waals surface area contributed by atoms with Crippen molar-refractivity contribution in [2.45, 2.75) is 4.90 Å². The Balaban J connectivity index is 2.57. The molecule has 0 atom stereocenters. The molecule has 0 heterocycles. The number of carbonyl (C=O) groups excluding carboxylic acids is 1. The molecule has 1 N–H and O–H groups in total. The second-order valence-electron chi connectivity index (χ2n) is 6.11. The third-order valence-corrected chi connectivity index (χ3v) is 5.11. The molecule has 0 spiro atoms. The number of aliphatic carboxylic acids is 1. The zero-order chi connectivity index (χ0) is 21.6. The summed E-state index contributed by atoms with van der Waals surface area (Å²) in [6.45, 7) is 0. The van der Waals surface area contributed by atoms with Crippen LogP contribution < -0.4 is 14.2 Å². The molecule has 0 aliphatic heterocycles. The Bertz CT molecular complexity index is 914. The number of carbonyl (C=O) groups is 2. The van der Waals surface area contributed by atoms with Crippen LogP contribution in [0, 0.1) is 0 Å². The van der Waals surface area contributed by atoms with Crippen LogP contribution in [0.5, 0.6) is 17.2 Å². The maximum Gasteiger partial charge on any atom is 0.336 e. The Labute approximate surface area is 173 Å². The van der Waals surface area contributed by atoms with Gasteiger partial charge in [-0.3, -0.25) is 4.79 Å². The highest BCUT2D eigenvalue weighted by Crippen LogP contribution is 2.40. The van der Waals surface area contributed by atoms with E-state index in [1.165, 1.54) is 32.3 Å². The minimum absolute atomic E-state index is 0.0813. The predicted octanol–water partition coefficient (Wildman–Crippen LogP) is 4.11. The molecule has 0 saturated carbocycles. The highest BCUT2D eigenvalue weighted by Gasteiger charge is 2.19. The second-order valence-corrected chi connectivity index (χ2v) is 7.07. The first-order chi connectivity index (χ1) is 13.8. The Hall–Kier alpha value is -3.13. The van der Waals surface area contributed by atoms with Gasteiger partial charge in [-0.1, -0.05) is 12.1 Å². The molecule has 2 aromatic rings. The zero-order valence-electron chi connectivity index (χ0n) is 16.9. The van der Waals surface area contributed by atoms with E-state index < -0.39 is 5.97 Å². The molecule has 2 aromatic carbocycles. The van der Waals surface area contributed by atoms with Crippen molar-refractivity contribution < 1.29 is 28.9 Å². The molecule has 7 nitrogen and oxygen atoms in total. The highest BCUT2D eigenvalue weighted by molar-refractivity contribution is 8.13. The molecule has 29 heavy (non-hydrogen) atoms. The molecule has 0 aliphatic rings. The molecule has 0 aliphatic carbocycles. The van der Waals surface area contributed by atoms with Gasteiger partial charge in [-0.2, -0.15) is 0 Å². The van der Waals surface area contributed by atoms with E-state index >= 15 is 0 Å². The maximum absolute atomic E-state index is 12.1. The van der Waals surface area contributed by atoms with Gasteiger partial charge in [0.25, 0.3) is 5.24 Å². The van der Waals surface area contributed by atoms with Crippen LogP contribution >= 0.6 is 11.8 Å². The first-order valence-corrected chi connectivity index (χ1v) is 9.37. The van der Waals surface area contributed by atoms with E-state index in [-0.39, 0.29) is 10.8 Å². The number of hydrogen-bond acceptors (Lipinski definition) is 6. The van der Waals surface area contributed by atoms with Crippen molar-refractivity contribution in [1.29, 1.82) is 0 Å². The molecule has 0 bridgehead atoms. The zero-order valence-corrected chi connectivity index (χ0v) is 17.7. The Kier molecular flexibility index (Phi) is 7.55. The number of benzene rings is 2. The Morgan fingerprint density at radius 1 is 1.00 bits per heavy atom. The second kappa shape index (κ2) is 9.88. The number of hydrogen-bond donors (Lipinski definition) is 1. The molecule has 0 radical (unpaired) electrons. The number of thioether (sulfide) groups is 1. The van der Waals surface area contributed by atoms with Crippen molar-refractivity contribution in [2.24, 2.45) is 0 Å². The number of carboxylic acid groups (broad SMARTS) is 1. The summed E-state index contributed by atoms with van der Waals surface area (Å²) in [5, 5.41) is 9.53. The van der Waals surface area contributed by atoms with Crippen molar-refractivity contribution in [3.8, 4) is 17.2 Å². The molecule has 154 valence electrons. The monoisotopic (exact) mass is 417 g/mol. The molecule has 0 saturated heterocycles. The van der Waals surface area contributed by atoms with Crippen LogP contribution in [0.4, 0.5) is 4.79 Å². The van der Waals surface area contributed by atoms with Crippen molar-refractivity contribution in [1.82, 2.24) is 4.90 Å². The molecular weight excluding hydrogens is 394 g/mol. The topological polar surface area (TPSA) is 85.3 Å². The number of rotatable bonds is 7. The van der Waals surface area contributed by atoms with E-state index in [1.807, 2.05) is 0 Å². The van der Waals surface area contributed by atoms with Crippen molar-refractivity contribution in [3.05, 3.63) is 47.5 Å². The van der Waals surface area contributed by atoms with E-state index in [9.17, 15) is 14.7 Å². The Morgan fingerprint density at radius 3 is 2.10 bits per heavy atom. The summed E-state index contributed by atoms with van der Waals surface area (Å²) in [5.74, 6) is 0.286. The van der Waals surface area contributed by atoms with E-state index in [2.05, 4.69) is 0 Å². The van der Waals surface area contributed by atoms with Gasteiger partial charge in [0.15, 0.2) is 0 Å². The Morgan fingerprint density at radius 2 is 1.62 bits per heavy atom. The number of ether oxygens (including phenoxy) is 3. The van der Waals surface area contributed by atoms with Crippen LogP contribution in [0.3, 0.4) is 0 Å². The van der Waals surface area contributed by atoms with E-state index in [4.69, 9.17) is 14.2 Å². The van der Waals surface area contributed by atoms with Crippen LogP contribution in [-0.2, 0) is 4.79 Å². The van der Waals surface area contributed by atoms with Gasteiger partial charge in [0.1, 0.15) is 22.1 Å². The fraction of sp³-hybridized carbons (Fsp3) is 0.238. The average Bonchev–Trinajstić information content (AvgIpc) is 2.71. The minimum atomic E-state index is -1.09. The van der Waals surface area contributed by atoms with Gasteiger partial charge < -0.3 is 24.2 Å². The molecule has 0 unspecified atom stereocenters. The molecular formula is C21H23NO6S. The SMILES string of the molecule is COc1cccc(/C(=C\c2cc(OC)c(SC(=O)N(C)C)c(OC)c2)C(=O)O)c1. The van der Waals surface area contributed by atoms with Crippen LogP contribution in [0.1, 0.15) is 11.1 Å². The molecule has 0 fully saturated rings. The predicted molar refractivity (Wildman–Crippen MR) is 113 cm³/mol. The smallest absolute Gasteiger partial charge is 0.336 e. The van der Waals surface area contributed by atoms with E-state index in [0.717, 1.165) is 11.8 Å². The summed E-state index contributed by atoms with van der Waals surface area (Å²) in [7, 11) is 7.78.